The molecule has 2 rings (SSSR count). The lowest BCUT2D eigenvalue weighted by Crippen LogP contribution is -2.28. The summed E-state index contributed by atoms with van der Waals surface area (Å²) in [6, 6.07) is 11.9. The molecule has 120 valence electrons. The number of ether oxygens (including phenoxy) is 1. The molecule has 0 radical (unpaired) electrons. The number of hydrogen-bond donors (Lipinski definition) is 1. The zero-order valence-corrected chi connectivity index (χ0v) is 13.0. The molecular formula is C17H18N2O4. The summed E-state index contributed by atoms with van der Waals surface area (Å²) < 4.78 is 5.52. The van der Waals surface area contributed by atoms with Crippen molar-refractivity contribution in [3.05, 3.63) is 69.3 Å². The van der Waals surface area contributed by atoms with E-state index in [4.69, 9.17) is 4.74 Å². The van der Waals surface area contributed by atoms with E-state index in [9.17, 15) is 14.9 Å². The Morgan fingerprint density at radius 2 is 1.87 bits per heavy atom. The maximum absolute atomic E-state index is 12.0. The number of hydrogen-bond acceptors (Lipinski definition) is 4. The molecule has 0 aromatic heterocycles. The van der Waals surface area contributed by atoms with Gasteiger partial charge in [0.2, 0.25) is 0 Å². The molecule has 0 aliphatic carbocycles. The number of nitrogens with one attached hydrogen (secondary N) is 1. The Morgan fingerprint density at radius 3 is 2.48 bits per heavy atom. The maximum atomic E-state index is 12.0. The Hall–Kier alpha value is -2.89. The highest BCUT2D eigenvalue weighted by molar-refractivity contribution is 5.94. The molecule has 0 saturated heterocycles. The SMILES string of the molecule is Cc1ccc(OCCNC(=O)c2ccc([N+](=O)[O-])c(C)c2)cc1. The fourth-order valence-corrected chi connectivity index (χ4v) is 2.07. The van der Waals surface area contributed by atoms with E-state index in [1.165, 1.54) is 18.2 Å². The molecule has 0 fully saturated rings. The van der Waals surface area contributed by atoms with Gasteiger partial charge in [-0.15, -0.1) is 0 Å². The lowest BCUT2D eigenvalue weighted by atomic mass is 10.1. The molecule has 2 aromatic carbocycles. The van der Waals surface area contributed by atoms with Crippen LogP contribution in [0.5, 0.6) is 5.75 Å². The van der Waals surface area contributed by atoms with Crippen LogP contribution in [0.15, 0.2) is 42.5 Å². The molecule has 0 heterocycles. The minimum atomic E-state index is -0.466. The van der Waals surface area contributed by atoms with Gasteiger partial charge in [-0.1, -0.05) is 17.7 Å². The lowest BCUT2D eigenvalue weighted by molar-refractivity contribution is -0.385. The highest BCUT2D eigenvalue weighted by atomic mass is 16.6. The van der Waals surface area contributed by atoms with Crippen LogP contribution in [0, 0.1) is 24.0 Å². The first-order chi connectivity index (χ1) is 11.0. The lowest BCUT2D eigenvalue weighted by Gasteiger charge is -2.08. The van der Waals surface area contributed by atoms with Gasteiger partial charge in [0, 0.05) is 17.2 Å². The summed E-state index contributed by atoms with van der Waals surface area (Å²) in [6.45, 7) is 4.30. The van der Waals surface area contributed by atoms with E-state index in [1.807, 2.05) is 31.2 Å². The smallest absolute Gasteiger partial charge is 0.272 e. The van der Waals surface area contributed by atoms with Crippen LogP contribution in [0.3, 0.4) is 0 Å². The molecule has 1 amide bonds. The molecule has 0 aliphatic rings. The fourth-order valence-electron chi connectivity index (χ4n) is 2.07. The van der Waals surface area contributed by atoms with E-state index in [0.29, 0.717) is 24.3 Å². The van der Waals surface area contributed by atoms with Gasteiger partial charge in [0.1, 0.15) is 12.4 Å². The minimum Gasteiger partial charge on any atom is -0.492 e. The second-order valence-corrected chi connectivity index (χ2v) is 5.18. The quantitative estimate of drug-likeness (QED) is 0.505. The number of nitro benzene ring substituents is 1. The molecule has 0 aliphatic heterocycles. The minimum absolute atomic E-state index is 0.00394. The van der Waals surface area contributed by atoms with Crippen molar-refractivity contribution >= 4 is 11.6 Å². The Bertz CT molecular complexity index is 711. The molecule has 1 N–H and O–H groups in total. The van der Waals surface area contributed by atoms with Gasteiger partial charge in [0.25, 0.3) is 11.6 Å². The van der Waals surface area contributed by atoms with Crippen LogP contribution in [-0.2, 0) is 0 Å². The topological polar surface area (TPSA) is 81.5 Å². The number of carbonyl (C=O) groups excluding carboxylic acids is 1. The normalized spacial score (nSPS) is 10.2. The molecule has 6 heteroatoms. The number of nitrogens with zero attached hydrogens (tertiary/aromatic N) is 1. The average Bonchev–Trinajstić information content (AvgIpc) is 2.52. The van der Waals surface area contributed by atoms with Crippen LogP contribution in [0.1, 0.15) is 21.5 Å². The van der Waals surface area contributed by atoms with E-state index in [0.717, 1.165) is 11.3 Å². The number of amides is 1. The summed E-state index contributed by atoms with van der Waals surface area (Å²) in [4.78, 5) is 22.3. The van der Waals surface area contributed by atoms with E-state index >= 15 is 0 Å². The van der Waals surface area contributed by atoms with Crippen LogP contribution < -0.4 is 10.1 Å². The molecule has 0 atom stereocenters. The van der Waals surface area contributed by atoms with Gasteiger partial charge in [-0.05, 0) is 38.1 Å². The third-order valence-corrected chi connectivity index (χ3v) is 3.33. The number of rotatable bonds is 6. The number of aryl methyl sites for hydroxylation is 2. The van der Waals surface area contributed by atoms with Crippen molar-refractivity contribution in [1.29, 1.82) is 0 Å². The highest BCUT2D eigenvalue weighted by Crippen LogP contribution is 2.18. The first-order valence-corrected chi connectivity index (χ1v) is 7.20. The molecule has 0 saturated carbocycles. The van der Waals surface area contributed by atoms with Gasteiger partial charge in [-0.25, -0.2) is 0 Å². The van der Waals surface area contributed by atoms with Crippen molar-refractivity contribution in [2.75, 3.05) is 13.2 Å². The average molecular weight is 314 g/mol. The van der Waals surface area contributed by atoms with E-state index in [-0.39, 0.29) is 11.6 Å². The van der Waals surface area contributed by atoms with Crippen molar-refractivity contribution in [3.8, 4) is 5.75 Å². The molecule has 0 bridgehead atoms. The van der Waals surface area contributed by atoms with Gasteiger partial charge in [-0.3, -0.25) is 14.9 Å². The van der Waals surface area contributed by atoms with Crippen LogP contribution in [0.2, 0.25) is 0 Å². The number of benzene rings is 2. The van der Waals surface area contributed by atoms with Gasteiger partial charge < -0.3 is 10.1 Å². The van der Waals surface area contributed by atoms with Crippen LogP contribution in [0.25, 0.3) is 0 Å². The van der Waals surface area contributed by atoms with Gasteiger partial charge in [0.15, 0.2) is 0 Å². The summed E-state index contributed by atoms with van der Waals surface area (Å²) in [5.74, 6) is 0.464. The maximum Gasteiger partial charge on any atom is 0.272 e. The van der Waals surface area contributed by atoms with Crippen LogP contribution >= 0.6 is 0 Å². The second-order valence-electron chi connectivity index (χ2n) is 5.18. The molecule has 23 heavy (non-hydrogen) atoms. The zero-order valence-electron chi connectivity index (χ0n) is 13.0. The standard InChI is InChI=1S/C17H18N2O4/c1-12-3-6-15(7-4-12)23-10-9-18-17(20)14-5-8-16(19(21)22)13(2)11-14/h3-8,11H,9-10H2,1-2H3,(H,18,20). The van der Waals surface area contributed by atoms with Crippen LogP contribution in [-0.4, -0.2) is 24.0 Å². The first-order valence-electron chi connectivity index (χ1n) is 7.20. The summed E-state index contributed by atoms with van der Waals surface area (Å²) in [5.41, 5.74) is 2.01. The van der Waals surface area contributed by atoms with E-state index in [2.05, 4.69) is 5.32 Å². The van der Waals surface area contributed by atoms with Crippen LogP contribution in [0.4, 0.5) is 5.69 Å². The first kappa shape index (κ1) is 16.5. The van der Waals surface area contributed by atoms with Crippen molar-refractivity contribution < 1.29 is 14.5 Å². The Morgan fingerprint density at radius 1 is 1.17 bits per heavy atom. The predicted octanol–water partition coefficient (Wildman–Crippen LogP) is 3.02. The van der Waals surface area contributed by atoms with Crippen molar-refractivity contribution in [1.82, 2.24) is 5.32 Å². The molecular weight excluding hydrogens is 296 g/mol. The summed E-state index contributed by atoms with van der Waals surface area (Å²) in [7, 11) is 0. The Balaban J connectivity index is 1.84. The second kappa shape index (κ2) is 7.40. The number of nitro groups is 1. The fraction of sp³-hybridized carbons (Fsp3) is 0.235. The van der Waals surface area contributed by atoms with Crippen molar-refractivity contribution in [2.24, 2.45) is 0 Å². The van der Waals surface area contributed by atoms with Gasteiger partial charge >= 0.3 is 0 Å². The number of carbonyl (C=O) groups is 1. The Kier molecular flexibility index (Phi) is 5.30. The monoisotopic (exact) mass is 314 g/mol. The van der Waals surface area contributed by atoms with E-state index < -0.39 is 4.92 Å². The molecule has 2 aromatic rings. The third kappa shape index (κ3) is 4.54. The van der Waals surface area contributed by atoms with E-state index in [1.54, 1.807) is 6.92 Å². The van der Waals surface area contributed by atoms with Crippen molar-refractivity contribution in [3.63, 3.8) is 0 Å². The van der Waals surface area contributed by atoms with Crippen molar-refractivity contribution in [2.45, 2.75) is 13.8 Å². The van der Waals surface area contributed by atoms with Gasteiger partial charge in [0.05, 0.1) is 11.5 Å². The Labute approximate surface area is 134 Å². The molecule has 6 nitrogen and oxygen atoms in total. The molecule has 0 spiro atoms. The third-order valence-electron chi connectivity index (χ3n) is 3.33. The highest BCUT2D eigenvalue weighted by Gasteiger charge is 2.13. The predicted molar refractivity (Wildman–Crippen MR) is 86.8 cm³/mol. The zero-order chi connectivity index (χ0) is 16.8. The largest absolute Gasteiger partial charge is 0.492 e. The summed E-state index contributed by atoms with van der Waals surface area (Å²) >= 11 is 0. The summed E-state index contributed by atoms with van der Waals surface area (Å²) in [5, 5.41) is 13.5. The van der Waals surface area contributed by atoms with Gasteiger partial charge in [-0.2, -0.15) is 0 Å². The summed E-state index contributed by atoms with van der Waals surface area (Å²) in [6.07, 6.45) is 0. The molecule has 0 unspecified atom stereocenters.